The van der Waals surface area contributed by atoms with Gasteiger partial charge in [0.25, 0.3) is 5.56 Å². The van der Waals surface area contributed by atoms with Crippen LogP contribution in [0.3, 0.4) is 0 Å². The highest BCUT2D eigenvalue weighted by molar-refractivity contribution is 5.78. The van der Waals surface area contributed by atoms with E-state index in [1.165, 1.54) is 17.0 Å². The van der Waals surface area contributed by atoms with Gasteiger partial charge in [-0.2, -0.15) is 0 Å². The van der Waals surface area contributed by atoms with E-state index in [4.69, 9.17) is 0 Å². The minimum Gasteiger partial charge on any atom is -0.350 e. The fourth-order valence-electron chi connectivity index (χ4n) is 3.35. The van der Waals surface area contributed by atoms with Gasteiger partial charge < -0.3 is 5.32 Å². The van der Waals surface area contributed by atoms with Crippen molar-refractivity contribution in [3.05, 3.63) is 105 Å². The maximum Gasteiger partial charge on any atom is 0.333 e. The van der Waals surface area contributed by atoms with Crippen LogP contribution >= 0.6 is 0 Å². The van der Waals surface area contributed by atoms with E-state index in [-0.39, 0.29) is 30.2 Å². The van der Waals surface area contributed by atoms with Gasteiger partial charge in [-0.3, -0.25) is 18.7 Å². The van der Waals surface area contributed by atoms with Crippen molar-refractivity contribution in [2.75, 3.05) is 0 Å². The van der Waals surface area contributed by atoms with Gasteiger partial charge in [0.2, 0.25) is 5.91 Å². The fourth-order valence-corrected chi connectivity index (χ4v) is 3.35. The second-order valence-corrected chi connectivity index (χ2v) is 7.05. The van der Waals surface area contributed by atoms with Crippen LogP contribution in [0.25, 0.3) is 11.2 Å². The van der Waals surface area contributed by atoms with Crippen LogP contribution in [0.15, 0.2) is 82.6 Å². The van der Waals surface area contributed by atoms with Crippen LogP contribution in [0.1, 0.15) is 11.1 Å². The molecule has 4 aromatic rings. The molecule has 1 N–H and O–H groups in total. The first-order valence-electron chi connectivity index (χ1n) is 9.92. The highest BCUT2D eigenvalue weighted by Gasteiger charge is 2.17. The van der Waals surface area contributed by atoms with Crippen molar-refractivity contribution < 1.29 is 4.79 Å². The predicted molar refractivity (Wildman–Crippen MR) is 116 cm³/mol. The van der Waals surface area contributed by atoms with E-state index in [0.717, 1.165) is 15.7 Å². The third-order valence-electron chi connectivity index (χ3n) is 4.95. The molecule has 0 saturated carbocycles. The molecule has 0 aliphatic heterocycles. The third-order valence-corrected chi connectivity index (χ3v) is 4.95. The molecule has 2 aromatic heterocycles. The zero-order chi connectivity index (χ0) is 21.6. The van der Waals surface area contributed by atoms with Gasteiger partial charge in [-0.25, -0.2) is 14.8 Å². The summed E-state index contributed by atoms with van der Waals surface area (Å²) in [4.78, 5) is 46.8. The van der Waals surface area contributed by atoms with Gasteiger partial charge >= 0.3 is 5.69 Å². The number of nitrogens with one attached hydrogen (secondary N) is 1. The molecule has 2 heterocycles. The maximum absolute atomic E-state index is 13.1. The number of aryl methyl sites for hydroxylation is 1. The van der Waals surface area contributed by atoms with Gasteiger partial charge in [-0.1, -0.05) is 60.7 Å². The van der Waals surface area contributed by atoms with Crippen molar-refractivity contribution in [1.29, 1.82) is 0 Å². The summed E-state index contributed by atoms with van der Waals surface area (Å²) in [6.45, 7) is 0.262. The van der Waals surface area contributed by atoms with Gasteiger partial charge in [0.05, 0.1) is 0 Å². The number of benzene rings is 2. The summed E-state index contributed by atoms with van der Waals surface area (Å²) in [7, 11) is 0. The number of carbonyl (C=O) groups excluding carboxylic acids is 1. The van der Waals surface area contributed by atoms with Crippen molar-refractivity contribution in [2.24, 2.45) is 0 Å². The molecule has 2 aromatic carbocycles. The van der Waals surface area contributed by atoms with Crippen molar-refractivity contribution in [3.63, 3.8) is 0 Å². The van der Waals surface area contributed by atoms with Crippen LogP contribution in [0.2, 0.25) is 0 Å². The summed E-state index contributed by atoms with van der Waals surface area (Å²) in [5, 5.41) is 2.80. The minimum absolute atomic E-state index is 0.0611. The second kappa shape index (κ2) is 9.17. The topological polar surface area (TPSA) is 98.9 Å². The summed E-state index contributed by atoms with van der Waals surface area (Å²) in [6.07, 6.45) is 3.30. The Balaban J connectivity index is 1.63. The largest absolute Gasteiger partial charge is 0.350 e. The predicted octanol–water partition coefficient (Wildman–Crippen LogP) is 1.51. The smallest absolute Gasteiger partial charge is 0.333 e. The molecule has 0 bridgehead atoms. The monoisotopic (exact) mass is 415 g/mol. The number of hydrogen-bond donors (Lipinski definition) is 1. The maximum atomic E-state index is 13.1. The van der Waals surface area contributed by atoms with Gasteiger partial charge in [-0.05, 0) is 17.5 Å². The number of hydrogen-bond acceptors (Lipinski definition) is 5. The van der Waals surface area contributed by atoms with E-state index >= 15 is 0 Å². The number of aromatic nitrogens is 4. The van der Waals surface area contributed by atoms with E-state index in [9.17, 15) is 14.4 Å². The second-order valence-electron chi connectivity index (χ2n) is 7.05. The van der Waals surface area contributed by atoms with Crippen molar-refractivity contribution in [3.8, 4) is 0 Å². The normalized spacial score (nSPS) is 10.8. The fraction of sp³-hybridized carbons (Fsp3) is 0.174. The summed E-state index contributed by atoms with van der Waals surface area (Å²) < 4.78 is 2.32. The Morgan fingerprint density at radius 2 is 1.48 bits per heavy atom. The van der Waals surface area contributed by atoms with Crippen molar-refractivity contribution in [2.45, 2.75) is 26.1 Å². The molecular formula is C23H21N5O3. The first-order chi connectivity index (χ1) is 15.1. The number of amides is 1. The molecule has 31 heavy (non-hydrogen) atoms. The summed E-state index contributed by atoms with van der Waals surface area (Å²) >= 11 is 0. The lowest BCUT2D eigenvalue weighted by molar-refractivity contribution is -0.121. The van der Waals surface area contributed by atoms with Gasteiger partial charge in [-0.15, -0.1) is 0 Å². The van der Waals surface area contributed by atoms with Crippen LogP contribution in [0.4, 0.5) is 0 Å². The molecule has 4 rings (SSSR count). The average Bonchev–Trinajstić information content (AvgIpc) is 2.82. The van der Waals surface area contributed by atoms with Crippen LogP contribution in [0, 0.1) is 0 Å². The zero-order valence-electron chi connectivity index (χ0n) is 16.8. The first kappa shape index (κ1) is 20.2. The first-order valence-corrected chi connectivity index (χ1v) is 9.92. The van der Waals surface area contributed by atoms with Crippen LogP contribution in [-0.4, -0.2) is 25.0 Å². The Morgan fingerprint density at radius 3 is 2.19 bits per heavy atom. The Kier molecular flexibility index (Phi) is 5.98. The Bertz CT molecular complexity index is 1310. The summed E-state index contributed by atoms with van der Waals surface area (Å²) in [6, 6.07) is 19.0. The molecule has 156 valence electrons. The molecule has 0 spiro atoms. The Hall–Kier alpha value is -4.07. The molecule has 0 atom stereocenters. The lowest BCUT2D eigenvalue weighted by atomic mass is 10.1. The Morgan fingerprint density at radius 1 is 0.839 bits per heavy atom. The number of fused-ring (bicyclic) bond motifs is 1. The number of carbonyl (C=O) groups is 1. The minimum atomic E-state index is -0.580. The van der Waals surface area contributed by atoms with E-state index in [2.05, 4.69) is 15.3 Å². The number of rotatable bonds is 7. The summed E-state index contributed by atoms with van der Waals surface area (Å²) in [5.74, 6) is -0.355. The van der Waals surface area contributed by atoms with Gasteiger partial charge in [0.15, 0.2) is 11.2 Å². The van der Waals surface area contributed by atoms with Gasteiger partial charge in [0, 0.05) is 25.5 Å². The van der Waals surface area contributed by atoms with Crippen molar-refractivity contribution >= 4 is 17.1 Å². The van der Waals surface area contributed by atoms with Crippen LogP contribution < -0.4 is 16.6 Å². The van der Waals surface area contributed by atoms with Crippen LogP contribution in [0.5, 0.6) is 0 Å². The van der Waals surface area contributed by atoms with Crippen molar-refractivity contribution in [1.82, 2.24) is 24.4 Å². The third kappa shape index (κ3) is 4.58. The molecule has 0 aliphatic carbocycles. The van der Waals surface area contributed by atoms with Gasteiger partial charge in [0.1, 0.15) is 6.54 Å². The van der Waals surface area contributed by atoms with E-state index in [1.54, 1.807) is 0 Å². The van der Waals surface area contributed by atoms with Crippen LogP contribution in [-0.2, 0) is 30.8 Å². The van der Waals surface area contributed by atoms with E-state index in [1.807, 2.05) is 60.7 Å². The molecule has 1 amide bonds. The lowest BCUT2D eigenvalue weighted by Crippen LogP contribution is -2.43. The molecule has 0 saturated heterocycles. The quantitative estimate of drug-likeness (QED) is 0.493. The molecule has 8 heteroatoms. The highest BCUT2D eigenvalue weighted by atomic mass is 16.2. The molecule has 0 aliphatic rings. The average molecular weight is 415 g/mol. The summed E-state index contributed by atoms with van der Waals surface area (Å²) in [5.41, 5.74) is 1.02. The molecule has 0 unspecified atom stereocenters. The zero-order valence-corrected chi connectivity index (χ0v) is 16.8. The molecule has 8 nitrogen and oxygen atoms in total. The highest BCUT2D eigenvalue weighted by Crippen LogP contribution is 2.04. The van der Waals surface area contributed by atoms with E-state index in [0.29, 0.717) is 13.0 Å². The standard InChI is InChI=1S/C23H21N5O3/c29-19(26-15-18-9-5-2-6-10-18)16-28-21-20(24-12-13-25-21)22(30)27(23(28)31)14-11-17-7-3-1-4-8-17/h1-10,12-13H,11,14-16H2,(H,26,29). The van der Waals surface area contributed by atoms with E-state index < -0.39 is 11.2 Å². The molecular weight excluding hydrogens is 394 g/mol. The lowest BCUT2D eigenvalue weighted by Gasteiger charge is -2.13. The Labute approximate surface area is 177 Å². The molecule has 0 radical (unpaired) electrons. The molecule has 0 fully saturated rings. The SMILES string of the molecule is O=C(Cn1c(=O)n(CCc2ccccc2)c(=O)c2nccnc21)NCc1ccccc1. The number of nitrogens with zero attached hydrogens (tertiary/aromatic N) is 4.